The second-order valence-corrected chi connectivity index (χ2v) is 5.51. The number of imidazole rings is 1. The first kappa shape index (κ1) is 15.1. The van der Waals surface area contributed by atoms with Crippen molar-refractivity contribution in [2.24, 2.45) is 0 Å². The SMILES string of the molecule is COc1ccc(Cn2cnc3c(ncn3-c3ccccc3)c2=O)cn1. The van der Waals surface area contributed by atoms with Crippen LogP contribution in [-0.4, -0.2) is 31.2 Å². The first-order valence-corrected chi connectivity index (χ1v) is 7.73. The molecule has 0 fully saturated rings. The highest BCUT2D eigenvalue weighted by Gasteiger charge is 2.11. The third-order valence-electron chi connectivity index (χ3n) is 3.92. The normalized spacial score (nSPS) is 10.9. The van der Waals surface area contributed by atoms with Crippen LogP contribution in [0.3, 0.4) is 0 Å². The Morgan fingerprint density at radius 2 is 1.84 bits per heavy atom. The Kier molecular flexibility index (Phi) is 3.74. The number of para-hydroxylation sites is 1. The predicted octanol–water partition coefficient (Wildman–Crippen LogP) is 2.03. The lowest BCUT2D eigenvalue weighted by atomic mass is 10.3. The van der Waals surface area contributed by atoms with Gasteiger partial charge in [0.25, 0.3) is 5.56 Å². The highest BCUT2D eigenvalue weighted by molar-refractivity contribution is 5.71. The molecule has 0 saturated heterocycles. The molecule has 0 saturated carbocycles. The summed E-state index contributed by atoms with van der Waals surface area (Å²) in [7, 11) is 1.56. The van der Waals surface area contributed by atoms with Crippen molar-refractivity contribution in [1.82, 2.24) is 24.1 Å². The Balaban J connectivity index is 1.72. The molecule has 0 radical (unpaired) electrons. The fraction of sp³-hybridized carbons (Fsp3) is 0.111. The van der Waals surface area contributed by atoms with Gasteiger partial charge in [-0.3, -0.25) is 13.9 Å². The van der Waals surface area contributed by atoms with E-state index in [4.69, 9.17) is 4.74 Å². The van der Waals surface area contributed by atoms with Crippen molar-refractivity contribution >= 4 is 11.2 Å². The van der Waals surface area contributed by atoms with Gasteiger partial charge in [0.15, 0.2) is 11.2 Å². The Hall–Kier alpha value is -3.48. The Labute approximate surface area is 143 Å². The molecular formula is C18H15N5O2. The summed E-state index contributed by atoms with van der Waals surface area (Å²) in [5, 5.41) is 0. The number of ether oxygens (including phenoxy) is 1. The maximum Gasteiger partial charge on any atom is 0.281 e. The van der Waals surface area contributed by atoms with Gasteiger partial charge in [-0.15, -0.1) is 0 Å². The van der Waals surface area contributed by atoms with E-state index in [9.17, 15) is 4.79 Å². The average Bonchev–Trinajstić information content (AvgIpc) is 3.10. The fourth-order valence-corrected chi connectivity index (χ4v) is 2.64. The smallest absolute Gasteiger partial charge is 0.281 e. The van der Waals surface area contributed by atoms with Gasteiger partial charge in [-0.25, -0.2) is 15.0 Å². The maximum absolute atomic E-state index is 12.7. The lowest BCUT2D eigenvalue weighted by Gasteiger charge is -2.07. The van der Waals surface area contributed by atoms with Gasteiger partial charge in [0, 0.05) is 18.0 Å². The third-order valence-corrected chi connectivity index (χ3v) is 3.92. The molecule has 0 amide bonds. The van der Waals surface area contributed by atoms with Crippen molar-refractivity contribution in [2.45, 2.75) is 6.54 Å². The molecule has 0 aliphatic heterocycles. The first-order valence-electron chi connectivity index (χ1n) is 7.73. The second-order valence-electron chi connectivity index (χ2n) is 5.51. The van der Waals surface area contributed by atoms with E-state index in [2.05, 4.69) is 15.0 Å². The van der Waals surface area contributed by atoms with E-state index < -0.39 is 0 Å². The van der Waals surface area contributed by atoms with E-state index in [1.807, 2.05) is 36.4 Å². The van der Waals surface area contributed by atoms with Crippen LogP contribution < -0.4 is 10.3 Å². The largest absolute Gasteiger partial charge is 0.481 e. The predicted molar refractivity (Wildman–Crippen MR) is 93.0 cm³/mol. The lowest BCUT2D eigenvalue weighted by molar-refractivity contribution is 0.397. The van der Waals surface area contributed by atoms with Crippen LogP contribution in [-0.2, 0) is 6.54 Å². The molecule has 4 rings (SSSR count). The van der Waals surface area contributed by atoms with Crippen molar-refractivity contribution in [3.63, 3.8) is 0 Å². The quantitative estimate of drug-likeness (QED) is 0.571. The van der Waals surface area contributed by atoms with Crippen molar-refractivity contribution < 1.29 is 4.74 Å². The van der Waals surface area contributed by atoms with Gasteiger partial charge >= 0.3 is 0 Å². The molecule has 7 nitrogen and oxygen atoms in total. The summed E-state index contributed by atoms with van der Waals surface area (Å²) < 4.78 is 8.36. The van der Waals surface area contributed by atoms with Gasteiger partial charge in [0.2, 0.25) is 5.88 Å². The van der Waals surface area contributed by atoms with Crippen LogP contribution in [0.4, 0.5) is 0 Å². The molecule has 124 valence electrons. The molecule has 3 aromatic heterocycles. The molecule has 1 aromatic carbocycles. The lowest BCUT2D eigenvalue weighted by Crippen LogP contribution is -2.21. The topological polar surface area (TPSA) is 74.8 Å². The number of pyridine rings is 1. The summed E-state index contributed by atoms with van der Waals surface area (Å²) in [6.07, 6.45) is 4.84. The van der Waals surface area contributed by atoms with Crippen LogP contribution in [0.5, 0.6) is 5.88 Å². The number of rotatable bonds is 4. The summed E-state index contributed by atoms with van der Waals surface area (Å²) in [6, 6.07) is 13.3. The number of hydrogen-bond acceptors (Lipinski definition) is 5. The van der Waals surface area contributed by atoms with Gasteiger partial charge in [-0.2, -0.15) is 0 Å². The number of nitrogens with zero attached hydrogens (tertiary/aromatic N) is 5. The van der Waals surface area contributed by atoms with E-state index in [0.29, 0.717) is 23.6 Å². The van der Waals surface area contributed by atoms with Gasteiger partial charge in [0.1, 0.15) is 12.7 Å². The molecule has 3 heterocycles. The van der Waals surface area contributed by atoms with Crippen LogP contribution >= 0.6 is 0 Å². The minimum absolute atomic E-state index is 0.185. The van der Waals surface area contributed by atoms with Crippen molar-refractivity contribution in [3.05, 3.63) is 77.2 Å². The van der Waals surface area contributed by atoms with Crippen molar-refractivity contribution in [1.29, 1.82) is 0 Å². The summed E-state index contributed by atoms with van der Waals surface area (Å²) in [4.78, 5) is 25.5. The van der Waals surface area contributed by atoms with Crippen LogP contribution in [0.25, 0.3) is 16.9 Å². The van der Waals surface area contributed by atoms with Crippen LogP contribution in [0.15, 0.2) is 66.1 Å². The molecule has 0 bridgehead atoms. The summed E-state index contributed by atoms with van der Waals surface area (Å²) in [5.74, 6) is 0.534. The van der Waals surface area contributed by atoms with E-state index in [1.54, 1.807) is 30.3 Å². The Morgan fingerprint density at radius 1 is 1.00 bits per heavy atom. The molecule has 7 heteroatoms. The van der Waals surface area contributed by atoms with Crippen LogP contribution in [0.1, 0.15) is 5.56 Å². The minimum atomic E-state index is -0.185. The highest BCUT2D eigenvalue weighted by Crippen LogP contribution is 2.13. The number of aromatic nitrogens is 5. The Morgan fingerprint density at radius 3 is 2.56 bits per heavy atom. The molecule has 0 atom stereocenters. The van der Waals surface area contributed by atoms with Crippen LogP contribution in [0, 0.1) is 0 Å². The zero-order valence-electron chi connectivity index (χ0n) is 13.5. The van der Waals surface area contributed by atoms with Gasteiger partial charge < -0.3 is 4.74 Å². The minimum Gasteiger partial charge on any atom is -0.481 e. The second kappa shape index (κ2) is 6.20. The Bertz CT molecular complexity index is 1070. The molecule has 25 heavy (non-hydrogen) atoms. The van der Waals surface area contributed by atoms with E-state index in [-0.39, 0.29) is 5.56 Å². The maximum atomic E-state index is 12.7. The van der Waals surface area contributed by atoms with Gasteiger partial charge in [-0.1, -0.05) is 24.3 Å². The monoisotopic (exact) mass is 333 g/mol. The van der Waals surface area contributed by atoms with E-state index in [0.717, 1.165) is 11.3 Å². The summed E-state index contributed by atoms with van der Waals surface area (Å²) in [5.41, 5.74) is 2.49. The van der Waals surface area contributed by atoms with E-state index in [1.165, 1.54) is 10.9 Å². The molecule has 4 aromatic rings. The number of hydrogen-bond donors (Lipinski definition) is 0. The molecule has 0 N–H and O–H groups in total. The average molecular weight is 333 g/mol. The number of fused-ring (bicyclic) bond motifs is 1. The highest BCUT2D eigenvalue weighted by atomic mass is 16.5. The number of methoxy groups -OCH3 is 1. The standard InChI is InChI=1S/C18H15N5O2/c1-25-15-8-7-13(9-19-15)10-22-11-21-17-16(18(22)24)20-12-23(17)14-5-3-2-4-6-14/h2-9,11-12H,10H2,1H3. The molecule has 0 aliphatic carbocycles. The molecule has 0 spiro atoms. The third kappa shape index (κ3) is 2.76. The molecule has 0 aliphatic rings. The number of benzene rings is 1. The fourth-order valence-electron chi connectivity index (χ4n) is 2.64. The van der Waals surface area contributed by atoms with Gasteiger partial charge in [0.05, 0.1) is 13.7 Å². The van der Waals surface area contributed by atoms with Crippen LogP contribution in [0.2, 0.25) is 0 Å². The molecular weight excluding hydrogens is 318 g/mol. The molecule has 0 unspecified atom stereocenters. The first-order chi connectivity index (χ1) is 12.3. The zero-order chi connectivity index (χ0) is 17.2. The summed E-state index contributed by atoms with van der Waals surface area (Å²) >= 11 is 0. The van der Waals surface area contributed by atoms with Crippen molar-refractivity contribution in [2.75, 3.05) is 7.11 Å². The van der Waals surface area contributed by atoms with Gasteiger partial charge in [-0.05, 0) is 17.7 Å². The van der Waals surface area contributed by atoms with E-state index >= 15 is 0 Å². The summed E-state index contributed by atoms with van der Waals surface area (Å²) in [6.45, 7) is 0.372. The van der Waals surface area contributed by atoms with Crippen molar-refractivity contribution in [3.8, 4) is 11.6 Å². The zero-order valence-corrected chi connectivity index (χ0v) is 13.5.